The first-order chi connectivity index (χ1) is 18.1. The van der Waals surface area contributed by atoms with Gasteiger partial charge in [0.2, 0.25) is 0 Å². The molecule has 0 aliphatic rings. The van der Waals surface area contributed by atoms with E-state index in [1.807, 2.05) is 42.5 Å². The highest BCUT2D eigenvalue weighted by Gasteiger charge is 2.12. The van der Waals surface area contributed by atoms with Crippen LogP contribution in [-0.2, 0) is 13.0 Å². The Morgan fingerprint density at radius 1 is 0.946 bits per heavy atom. The van der Waals surface area contributed by atoms with Gasteiger partial charge in [-0.1, -0.05) is 30.2 Å². The molecule has 0 aliphatic carbocycles. The highest BCUT2D eigenvalue weighted by Crippen LogP contribution is 2.27. The Labute approximate surface area is 222 Å². The summed E-state index contributed by atoms with van der Waals surface area (Å²) in [6.45, 7) is 1.86. The van der Waals surface area contributed by atoms with Gasteiger partial charge in [0.15, 0.2) is 11.5 Å². The summed E-state index contributed by atoms with van der Waals surface area (Å²) in [5.41, 5.74) is 2.65. The second kappa shape index (κ2) is 13.0. The number of imidazole rings is 1. The SMILES string of the molecule is COc1ccc(C(=O)NCCCCCc2nc3ccccc3n2CCOc2ccc(Cl)cc2)cc1OC. The molecule has 4 rings (SSSR count). The average molecular weight is 522 g/mol. The Morgan fingerprint density at radius 2 is 1.73 bits per heavy atom. The Balaban J connectivity index is 1.26. The van der Waals surface area contributed by atoms with E-state index in [1.54, 1.807) is 32.4 Å². The molecule has 1 aromatic heterocycles. The summed E-state index contributed by atoms with van der Waals surface area (Å²) in [6, 6.07) is 20.7. The van der Waals surface area contributed by atoms with Gasteiger partial charge < -0.3 is 24.1 Å². The van der Waals surface area contributed by atoms with Crippen LogP contribution in [0.2, 0.25) is 5.02 Å². The van der Waals surface area contributed by atoms with Gasteiger partial charge in [-0.2, -0.15) is 0 Å². The summed E-state index contributed by atoms with van der Waals surface area (Å²) >= 11 is 5.96. The van der Waals surface area contributed by atoms with Gasteiger partial charge in [-0.15, -0.1) is 0 Å². The normalized spacial score (nSPS) is 10.9. The minimum Gasteiger partial charge on any atom is -0.493 e. The molecule has 7 nitrogen and oxygen atoms in total. The lowest BCUT2D eigenvalue weighted by Gasteiger charge is -2.11. The Kier molecular flexibility index (Phi) is 9.27. The molecule has 0 bridgehead atoms. The second-order valence-corrected chi connectivity index (χ2v) is 9.04. The van der Waals surface area contributed by atoms with E-state index in [9.17, 15) is 4.79 Å². The molecule has 37 heavy (non-hydrogen) atoms. The summed E-state index contributed by atoms with van der Waals surface area (Å²) in [6.07, 6.45) is 3.71. The van der Waals surface area contributed by atoms with Crippen LogP contribution < -0.4 is 19.5 Å². The molecule has 194 valence electrons. The summed E-state index contributed by atoms with van der Waals surface area (Å²) in [5.74, 6) is 2.86. The fraction of sp³-hybridized carbons (Fsp3) is 0.310. The largest absolute Gasteiger partial charge is 0.493 e. The lowest BCUT2D eigenvalue weighted by Crippen LogP contribution is -2.24. The fourth-order valence-electron chi connectivity index (χ4n) is 4.22. The molecular weight excluding hydrogens is 490 g/mol. The van der Waals surface area contributed by atoms with Crippen molar-refractivity contribution in [3.63, 3.8) is 0 Å². The van der Waals surface area contributed by atoms with Crippen molar-refractivity contribution in [3.8, 4) is 17.2 Å². The number of carbonyl (C=O) groups is 1. The standard InChI is InChI=1S/C29H32ClN3O4/c1-35-26-16-11-21(20-27(26)36-2)29(34)31-17-7-3-4-10-28-32-24-8-5-6-9-25(24)33(28)18-19-37-23-14-12-22(30)13-15-23/h5-6,8-9,11-16,20H,3-4,7,10,17-19H2,1-2H3,(H,31,34). The number of hydrogen-bond acceptors (Lipinski definition) is 5. The number of fused-ring (bicyclic) bond motifs is 1. The topological polar surface area (TPSA) is 74.6 Å². The Morgan fingerprint density at radius 3 is 2.51 bits per heavy atom. The first-order valence-corrected chi connectivity index (χ1v) is 12.8. The third kappa shape index (κ3) is 6.95. The predicted molar refractivity (Wildman–Crippen MR) is 146 cm³/mol. The third-order valence-electron chi connectivity index (χ3n) is 6.14. The van der Waals surface area contributed by atoms with Crippen LogP contribution in [0.3, 0.4) is 0 Å². The zero-order valence-electron chi connectivity index (χ0n) is 21.2. The van der Waals surface area contributed by atoms with Gasteiger partial charge in [0, 0.05) is 23.6 Å². The summed E-state index contributed by atoms with van der Waals surface area (Å²) in [4.78, 5) is 17.4. The van der Waals surface area contributed by atoms with Crippen LogP contribution in [0, 0.1) is 0 Å². The monoisotopic (exact) mass is 521 g/mol. The number of benzene rings is 3. The molecule has 0 saturated heterocycles. The molecule has 3 aromatic carbocycles. The van der Waals surface area contributed by atoms with Crippen LogP contribution >= 0.6 is 11.6 Å². The van der Waals surface area contributed by atoms with E-state index in [1.165, 1.54) is 0 Å². The van der Waals surface area contributed by atoms with E-state index in [-0.39, 0.29) is 5.91 Å². The quantitative estimate of drug-likeness (QED) is 0.221. The maximum Gasteiger partial charge on any atom is 0.251 e. The first-order valence-electron chi connectivity index (χ1n) is 12.4. The zero-order valence-corrected chi connectivity index (χ0v) is 22.0. The van der Waals surface area contributed by atoms with E-state index < -0.39 is 0 Å². The molecule has 4 aromatic rings. The number of unbranched alkanes of at least 4 members (excludes halogenated alkanes) is 2. The van der Waals surface area contributed by atoms with E-state index in [0.29, 0.717) is 41.8 Å². The van der Waals surface area contributed by atoms with Crippen LogP contribution in [0.1, 0.15) is 35.4 Å². The minimum atomic E-state index is -0.122. The maximum atomic E-state index is 12.5. The van der Waals surface area contributed by atoms with Crippen molar-refractivity contribution < 1.29 is 19.0 Å². The molecule has 0 aliphatic heterocycles. The first kappa shape index (κ1) is 26.4. The molecule has 0 fully saturated rings. The number of hydrogen-bond donors (Lipinski definition) is 1. The van der Waals surface area contributed by atoms with Gasteiger partial charge in [0.25, 0.3) is 5.91 Å². The Bertz CT molecular complexity index is 1320. The number of carbonyl (C=O) groups excluding carboxylic acids is 1. The van der Waals surface area contributed by atoms with Crippen molar-refractivity contribution >= 4 is 28.5 Å². The van der Waals surface area contributed by atoms with Crippen molar-refractivity contribution in [1.29, 1.82) is 0 Å². The number of nitrogens with zero attached hydrogens (tertiary/aromatic N) is 2. The van der Waals surface area contributed by atoms with Gasteiger partial charge in [-0.05, 0) is 67.4 Å². The average Bonchev–Trinajstić information content (AvgIpc) is 3.28. The van der Waals surface area contributed by atoms with Crippen LogP contribution in [0.5, 0.6) is 17.2 Å². The number of nitrogens with one attached hydrogen (secondary N) is 1. The lowest BCUT2D eigenvalue weighted by molar-refractivity contribution is 0.0952. The van der Waals surface area contributed by atoms with Crippen molar-refractivity contribution in [2.75, 3.05) is 27.4 Å². The number of aryl methyl sites for hydroxylation is 1. The molecule has 1 heterocycles. The van der Waals surface area contributed by atoms with E-state index in [2.05, 4.69) is 16.0 Å². The van der Waals surface area contributed by atoms with Crippen LogP contribution in [-0.4, -0.2) is 42.8 Å². The van der Waals surface area contributed by atoms with Crippen molar-refractivity contribution in [2.24, 2.45) is 0 Å². The minimum absolute atomic E-state index is 0.122. The Hall–Kier alpha value is -3.71. The van der Waals surface area contributed by atoms with Crippen LogP contribution in [0.25, 0.3) is 11.0 Å². The number of rotatable bonds is 13. The predicted octanol–water partition coefficient (Wildman–Crippen LogP) is 5.93. The maximum absolute atomic E-state index is 12.5. The van der Waals surface area contributed by atoms with Gasteiger partial charge in [0.1, 0.15) is 18.2 Å². The second-order valence-electron chi connectivity index (χ2n) is 8.61. The van der Waals surface area contributed by atoms with Gasteiger partial charge >= 0.3 is 0 Å². The molecule has 0 atom stereocenters. The molecule has 1 N–H and O–H groups in total. The van der Waals surface area contributed by atoms with Gasteiger partial charge in [0.05, 0.1) is 31.8 Å². The van der Waals surface area contributed by atoms with Crippen molar-refractivity contribution in [2.45, 2.75) is 32.2 Å². The number of aromatic nitrogens is 2. The zero-order chi connectivity index (χ0) is 26.0. The summed E-state index contributed by atoms with van der Waals surface area (Å²) < 4.78 is 18.7. The van der Waals surface area contributed by atoms with Gasteiger partial charge in [-0.3, -0.25) is 4.79 Å². The number of amides is 1. The number of ether oxygens (including phenoxy) is 3. The van der Waals surface area contributed by atoms with Crippen molar-refractivity contribution in [3.05, 3.63) is 83.1 Å². The molecule has 0 saturated carbocycles. The lowest BCUT2D eigenvalue weighted by atomic mass is 10.1. The smallest absolute Gasteiger partial charge is 0.251 e. The molecule has 0 spiro atoms. The fourth-order valence-corrected chi connectivity index (χ4v) is 4.34. The van der Waals surface area contributed by atoms with Crippen molar-refractivity contribution in [1.82, 2.24) is 14.9 Å². The van der Waals surface area contributed by atoms with E-state index in [4.69, 9.17) is 30.8 Å². The van der Waals surface area contributed by atoms with Crippen LogP contribution in [0.4, 0.5) is 0 Å². The molecule has 0 unspecified atom stereocenters. The molecule has 1 amide bonds. The molecule has 0 radical (unpaired) electrons. The van der Waals surface area contributed by atoms with E-state index in [0.717, 1.165) is 48.3 Å². The van der Waals surface area contributed by atoms with Crippen LogP contribution in [0.15, 0.2) is 66.7 Å². The highest BCUT2D eigenvalue weighted by atomic mass is 35.5. The van der Waals surface area contributed by atoms with E-state index >= 15 is 0 Å². The molecule has 8 heteroatoms. The number of halogens is 1. The number of methoxy groups -OCH3 is 2. The highest BCUT2D eigenvalue weighted by molar-refractivity contribution is 6.30. The van der Waals surface area contributed by atoms with Gasteiger partial charge in [-0.25, -0.2) is 4.98 Å². The number of para-hydroxylation sites is 2. The summed E-state index contributed by atoms with van der Waals surface area (Å²) in [7, 11) is 3.13. The molecular formula is C29H32ClN3O4. The summed E-state index contributed by atoms with van der Waals surface area (Å²) in [5, 5.41) is 3.68. The third-order valence-corrected chi connectivity index (χ3v) is 6.39.